The van der Waals surface area contributed by atoms with E-state index in [4.69, 9.17) is 14.2 Å². The second kappa shape index (κ2) is 11.2. The summed E-state index contributed by atoms with van der Waals surface area (Å²) in [6, 6.07) is 15.4. The van der Waals surface area contributed by atoms with Crippen molar-refractivity contribution in [2.45, 2.75) is 37.2 Å². The zero-order valence-corrected chi connectivity index (χ0v) is 19.6. The van der Waals surface area contributed by atoms with Gasteiger partial charge in [0.05, 0.1) is 32.6 Å². The number of hydrogen-bond acceptors (Lipinski definition) is 7. The number of methoxy groups -OCH3 is 2. The number of carbonyl (C=O) groups excluding carboxylic acids is 1. The molecule has 1 fully saturated rings. The van der Waals surface area contributed by atoms with Crippen LogP contribution in [0, 0.1) is 0 Å². The van der Waals surface area contributed by atoms with E-state index in [0.717, 1.165) is 47.9 Å². The zero-order valence-electron chi connectivity index (χ0n) is 18.8. The van der Waals surface area contributed by atoms with Gasteiger partial charge in [0.1, 0.15) is 11.5 Å². The number of nitrogens with one attached hydrogen (secondary N) is 1. The molecule has 174 valence electrons. The molecule has 0 aliphatic carbocycles. The van der Waals surface area contributed by atoms with Crippen LogP contribution >= 0.6 is 11.8 Å². The zero-order chi connectivity index (χ0) is 23.0. The molecule has 4 rings (SSSR count). The van der Waals surface area contributed by atoms with Crippen LogP contribution < -0.4 is 14.8 Å². The maximum Gasteiger partial charge on any atom is 0.230 e. The van der Waals surface area contributed by atoms with Gasteiger partial charge < -0.3 is 19.5 Å². The molecule has 9 heteroatoms. The van der Waals surface area contributed by atoms with E-state index in [1.54, 1.807) is 14.2 Å². The number of hydrogen-bond donors (Lipinski definition) is 1. The molecule has 3 aromatic rings. The van der Waals surface area contributed by atoms with Gasteiger partial charge in [-0.3, -0.25) is 9.36 Å². The first-order chi connectivity index (χ1) is 16.2. The Hall–Kier alpha value is -3.04. The summed E-state index contributed by atoms with van der Waals surface area (Å²) < 4.78 is 18.5. The minimum atomic E-state index is -0.0800. The SMILES string of the molecule is COc1ccc(-c2nnc(SCC(=O)NCc3ccccc3OC)n2CC2CCCO2)cc1. The Morgan fingerprint density at radius 1 is 1.15 bits per heavy atom. The quantitative estimate of drug-likeness (QED) is 0.455. The lowest BCUT2D eigenvalue weighted by Crippen LogP contribution is -2.25. The van der Waals surface area contributed by atoms with E-state index in [-0.39, 0.29) is 17.8 Å². The summed E-state index contributed by atoms with van der Waals surface area (Å²) in [5, 5.41) is 12.5. The second-order valence-electron chi connectivity index (χ2n) is 7.66. The minimum Gasteiger partial charge on any atom is -0.497 e. The van der Waals surface area contributed by atoms with Crippen LogP contribution in [0.4, 0.5) is 0 Å². The molecule has 8 nitrogen and oxygen atoms in total. The average molecular weight is 469 g/mol. The Labute approximate surface area is 197 Å². The number of amides is 1. The van der Waals surface area contributed by atoms with Crippen molar-refractivity contribution in [1.82, 2.24) is 20.1 Å². The summed E-state index contributed by atoms with van der Waals surface area (Å²) in [6.07, 6.45) is 2.18. The second-order valence-corrected chi connectivity index (χ2v) is 8.60. The summed E-state index contributed by atoms with van der Waals surface area (Å²) in [6.45, 7) is 1.83. The first-order valence-electron chi connectivity index (χ1n) is 10.9. The van der Waals surface area contributed by atoms with E-state index in [9.17, 15) is 4.79 Å². The topological polar surface area (TPSA) is 87.5 Å². The van der Waals surface area contributed by atoms with Crippen molar-refractivity contribution in [1.29, 1.82) is 0 Å². The summed E-state index contributed by atoms with van der Waals surface area (Å²) in [4.78, 5) is 12.5. The van der Waals surface area contributed by atoms with E-state index in [0.29, 0.717) is 18.2 Å². The molecule has 1 aliphatic heterocycles. The van der Waals surface area contributed by atoms with Gasteiger partial charge in [0.15, 0.2) is 11.0 Å². The highest BCUT2D eigenvalue weighted by Crippen LogP contribution is 2.27. The third-order valence-electron chi connectivity index (χ3n) is 5.48. The third-order valence-corrected chi connectivity index (χ3v) is 6.44. The third kappa shape index (κ3) is 5.85. The van der Waals surface area contributed by atoms with Crippen LogP contribution in [-0.2, 0) is 22.6 Å². The van der Waals surface area contributed by atoms with Gasteiger partial charge in [0.25, 0.3) is 0 Å². The van der Waals surface area contributed by atoms with E-state index in [1.165, 1.54) is 11.8 Å². The number of rotatable bonds is 10. The molecule has 1 saturated heterocycles. The summed E-state index contributed by atoms with van der Waals surface area (Å²) in [5.41, 5.74) is 1.87. The molecule has 1 N–H and O–H groups in total. The fourth-order valence-electron chi connectivity index (χ4n) is 3.73. The van der Waals surface area contributed by atoms with E-state index < -0.39 is 0 Å². The highest BCUT2D eigenvalue weighted by atomic mass is 32.2. The molecular formula is C24H28N4O4S. The van der Waals surface area contributed by atoms with E-state index >= 15 is 0 Å². The average Bonchev–Trinajstić information content (AvgIpc) is 3.52. The van der Waals surface area contributed by atoms with Crippen LogP contribution in [0.5, 0.6) is 11.5 Å². The fourth-order valence-corrected chi connectivity index (χ4v) is 4.51. The van der Waals surface area contributed by atoms with Crippen molar-refractivity contribution in [2.75, 3.05) is 26.6 Å². The van der Waals surface area contributed by atoms with Crippen LogP contribution in [0.3, 0.4) is 0 Å². The van der Waals surface area contributed by atoms with Crippen molar-refractivity contribution >= 4 is 17.7 Å². The molecule has 33 heavy (non-hydrogen) atoms. The van der Waals surface area contributed by atoms with E-state index in [2.05, 4.69) is 20.1 Å². The Balaban J connectivity index is 1.44. The smallest absolute Gasteiger partial charge is 0.230 e. The van der Waals surface area contributed by atoms with Gasteiger partial charge in [0, 0.05) is 24.3 Å². The highest BCUT2D eigenvalue weighted by Gasteiger charge is 2.22. The van der Waals surface area contributed by atoms with Crippen LogP contribution in [0.1, 0.15) is 18.4 Å². The molecule has 0 saturated carbocycles. The maximum absolute atomic E-state index is 12.5. The molecule has 2 heterocycles. The van der Waals surface area contributed by atoms with Gasteiger partial charge in [-0.25, -0.2) is 0 Å². The van der Waals surface area contributed by atoms with E-state index in [1.807, 2.05) is 48.5 Å². The van der Waals surface area contributed by atoms with Crippen molar-refractivity contribution < 1.29 is 19.0 Å². The van der Waals surface area contributed by atoms with Crippen molar-refractivity contribution in [2.24, 2.45) is 0 Å². The molecule has 1 unspecified atom stereocenters. The summed E-state index contributed by atoms with van der Waals surface area (Å²) in [7, 11) is 3.26. The molecular weight excluding hydrogens is 440 g/mol. The molecule has 0 spiro atoms. The molecule has 0 bridgehead atoms. The molecule has 1 atom stereocenters. The number of aromatic nitrogens is 3. The highest BCUT2D eigenvalue weighted by molar-refractivity contribution is 7.99. The monoisotopic (exact) mass is 468 g/mol. The molecule has 1 aliphatic rings. The van der Waals surface area contributed by atoms with Crippen LogP contribution in [0.15, 0.2) is 53.7 Å². The molecule has 2 aromatic carbocycles. The van der Waals surface area contributed by atoms with Crippen molar-refractivity contribution in [3.63, 3.8) is 0 Å². The van der Waals surface area contributed by atoms with Crippen LogP contribution in [0.25, 0.3) is 11.4 Å². The molecule has 1 aromatic heterocycles. The lowest BCUT2D eigenvalue weighted by Gasteiger charge is -2.15. The summed E-state index contributed by atoms with van der Waals surface area (Å²) >= 11 is 1.37. The van der Waals surface area contributed by atoms with Gasteiger partial charge in [-0.2, -0.15) is 0 Å². The number of para-hydroxylation sites is 1. The number of ether oxygens (including phenoxy) is 3. The van der Waals surface area contributed by atoms with Crippen LogP contribution in [-0.4, -0.2) is 53.4 Å². The predicted molar refractivity (Wildman–Crippen MR) is 127 cm³/mol. The predicted octanol–water partition coefficient (Wildman–Crippen LogP) is 3.55. The number of carbonyl (C=O) groups is 1. The number of nitrogens with zero attached hydrogens (tertiary/aromatic N) is 3. The Morgan fingerprint density at radius 3 is 2.70 bits per heavy atom. The lowest BCUT2D eigenvalue weighted by atomic mass is 10.2. The molecule has 0 radical (unpaired) electrons. The lowest BCUT2D eigenvalue weighted by molar-refractivity contribution is -0.118. The van der Waals surface area contributed by atoms with Gasteiger partial charge in [-0.15, -0.1) is 10.2 Å². The van der Waals surface area contributed by atoms with Crippen molar-refractivity contribution in [3.8, 4) is 22.9 Å². The largest absolute Gasteiger partial charge is 0.497 e. The first kappa shape index (κ1) is 23.1. The maximum atomic E-state index is 12.5. The van der Waals surface area contributed by atoms with Gasteiger partial charge >= 0.3 is 0 Å². The number of benzene rings is 2. The minimum absolute atomic E-state index is 0.0800. The standard InChI is InChI=1S/C24H28N4O4S/c1-30-19-11-9-17(10-12-19)23-26-27-24(28(23)15-20-7-5-13-32-20)33-16-22(29)25-14-18-6-3-4-8-21(18)31-2/h3-4,6,8-12,20H,5,7,13-16H2,1-2H3,(H,25,29). The molecule has 1 amide bonds. The Kier molecular flexibility index (Phi) is 7.85. The number of thioether (sulfide) groups is 1. The first-order valence-corrected chi connectivity index (χ1v) is 11.9. The fraction of sp³-hybridized carbons (Fsp3) is 0.375. The summed E-state index contributed by atoms with van der Waals surface area (Å²) in [5.74, 6) is 2.45. The van der Waals surface area contributed by atoms with Gasteiger partial charge in [0.2, 0.25) is 5.91 Å². The Bertz CT molecular complexity index is 1060. The Morgan fingerprint density at radius 2 is 1.97 bits per heavy atom. The van der Waals surface area contributed by atoms with Crippen LogP contribution in [0.2, 0.25) is 0 Å². The van der Waals surface area contributed by atoms with Gasteiger partial charge in [-0.05, 0) is 43.2 Å². The van der Waals surface area contributed by atoms with Gasteiger partial charge in [-0.1, -0.05) is 30.0 Å². The van der Waals surface area contributed by atoms with Crippen molar-refractivity contribution in [3.05, 3.63) is 54.1 Å². The normalized spacial score (nSPS) is 15.4.